The zero-order valence-electron chi connectivity index (χ0n) is 19.1. The number of halogens is 1. The van der Waals surface area contributed by atoms with Crippen LogP contribution in [0.3, 0.4) is 0 Å². The lowest BCUT2D eigenvalue weighted by molar-refractivity contribution is -0.133. The molecule has 0 radical (unpaired) electrons. The molecular weight excluding hydrogens is 477 g/mol. The number of hydrogen-bond acceptors (Lipinski definition) is 9. The number of Topliss-reactive ketones (excluding diaryl/α,β-unsaturated/α-hetero) is 1. The minimum absolute atomic E-state index is 0.0186. The molecule has 2 fully saturated rings. The molecule has 0 aromatic carbocycles. The number of hydrogen-bond donors (Lipinski definition) is 1. The number of carbonyl (C=O) groups excluding carboxylic acids is 1. The van der Waals surface area contributed by atoms with E-state index in [1.807, 2.05) is 0 Å². The summed E-state index contributed by atoms with van der Waals surface area (Å²) < 4.78 is 26.3. The number of anilines is 1. The fourth-order valence-corrected chi connectivity index (χ4v) is 5.17. The lowest BCUT2D eigenvalue weighted by Gasteiger charge is -2.44. The van der Waals surface area contributed by atoms with Gasteiger partial charge in [-0.3, -0.25) is 14.2 Å². The summed E-state index contributed by atoms with van der Waals surface area (Å²) in [6, 6.07) is 1.61. The average Bonchev–Trinajstić information content (AvgIpc) is 3.35. The number of carbonyl (C=O) groups is 2. The third-order valence-electron chi connectivity index (χ3n) is 6.60. The van der Waals surface area contributed by atoms with E-state index < -0.39 is 28.4 Å². The van der Waals surface area contributed by atoms with E-state index in [9.17, 15) is 19.5 Å². The van der Waals surface area contributed by atoms with Gasteiger partial charge in [0.05, 0.1) is 24.6 Å². The van der Waals surface area contributed by atoms with Crippen LogP contribution in [0.5, 0.6) is 0 Å². The van der Waals surface area contributed by atoms with E-state index in [1.165, 1.54) is 17.1 Å². The molecular formula is C23H24FN5O5S. The van der Waals surface area contributed by atoms with Crippen molar-refractivity contribution >= 4 is 40.1 Å². The fourth-order valence-electron chi connectivity index (χ4n) is 4.66. The Balaban J connectivity index is 1.41. The topological polar surface area (TPSA) is 128 Å². The lowest BCUT2D eigenvalue weighted by Crippen LogP contribution is -2.63. The Bertz CT molecular complexity index is 1350. The molecule has 1 atom stereocenters. The lowest BCUT2D eigenvalue weighted by atomic mass is 9.87. The third kappa shape index (κ3) is 4.31. The average molecular weight is 502 g/mol. The second-order valence-electron chi connectivity index (χ2n) is 9.04. The number of aromatic nitrogens is 4. The molecule has 0 saturated carbocycles. The van der Waals surface area contributed by atoms with Gasteiger partial charge in [-0.15, -0.1) is 0 Å². The predicted molar refractivity (Wildman–Crippen MR) is 126 cm³/mol. The number of nitrogens with zero attached hydrogens (tertiary/aromatic N) is 5. The summed E-state index contributed by atoms with van der Waals surface area (Å²) in [6.07, 6.45) is 6.16. The van der Waals surface area contributed by atoms with Crippen LogP contribution in [0.2, 0.25) is 0 Å². The first-order valence-electron chi connectivity index (χ1n) is 11.4. The molecule has 2 aliphatic heterocycles. The number of carboxylic acid groups (broad SMARTS) is 1. The molecule has 0 bridgehead atoms. The van der Waals surface area contributed by atoms with Crippen LogP contribution in [-0.4, -0.2) is 67.2 Å². The molecule has 2 aliphatic rings. The van der Waals surface area contributed by atoms with Crippen molar-refractivity contribution in [1.29, 1.82) is 0 Å². The molecule has 5 rings (SSSR count). The van der Waals surface area contributed by atoms with Crippen LogP contribution < -0.4 is 10.3 Å². The van der Waals surface area contributed by atoms with Gasteiger partial charge in [0.15, 0.2) is 11.4 Å². The van der Waals surface area contributed by atoms with E-state index in [-0.39, 0.29) is 36.6 Å². The summed E-state index contributed by atoms with van der Waals surface area (Å²) in [4.78, 5) is 47.5. The Kier molecular flexibility index (Phi) is 6.09. The Morgan fingerprint density at radius 1 is 1.34 bits per heavy atom. The summed E-state index contributed by atoms with van der Waals surface area (Å²) in [6.45, 7) is 2.09. The number of fused-ring (bicyclic) bond motifs is 1. The molecule has 1 unspecified atom stereocenters. The Morgan fingerprint density at radius 2 is 2.14 bits per heavy atom. The zero-order valence-corrected chi connectivity index (χ0v) is 19.9. The normalized spacial score (nSPS) is 19.5. The van der Waals surface area contributed by atoms with Crippen molar-refractivity contribution in [2.24, 2.45) is 0 Å². The van der Waals surface area contributed by atoms with Crippen molar-refractivity contribution in [2.45, 2.75) is 50.8 Å². The van der Waals surface area contributed by atoms with Crippen LogP contribution in [0.1, 0.15) is 48.0 Å². The molecule has 0 spiro atoms. The highest BCUT2D eigenvalue weighted by Crippen LogP contribution is 2.34. The van der Waals surface area contributed by atoms with Crippen molar-refractivity contribution in [2.75, 3.05) is 24.6 Å². The van der Waals surface area contributed by atoms with E-state index in [0.717, 1.165) is 30.8 Å². The van der Waals surface area contributed by atoms with Crippen molar-refractivity contribution in [1.82, 2.24) is 18.9 Å². The van der Waals surface area contributed by atoms with Crippen LogP contribution >= 0.6 is 11.5 Å². The first-order chi connectivity index (χ1) is 16.8. The molecule has 3 aromatic heterocycles. The smallest absolute Gasteiger partial charge is 0.341 e. The van der Waals surface area contributed by atoms with E-state index in [0.29, 0.717) is 29.5 Å². The number of pyridine rings is 2. The molecule has 0 aliphatic carbocycles. The summed E-state index contributed by atoms with van der Waals surface area (Å²) in [5.74, 6) is -1.40. The van der Waals surface area contributed by atoms with E-state index in [4.69, 9.17) is 4.74 Å². The first kappa shape index (κ1) is 23.5. The van der Waals surface area contributed by atoms with Crippen LogP contribution in [0, 0.1) is 6.92 Å². The number of aromatic carboxylic acids is 1. The molecule has 12 heteroatoms. The standard InChI is InChI=1S/C23H24FN5O5S/c1-13-8-17(28-10-23(24,11-28)16(30)6-5-14-4-2-3-7-34-14)27-20-18(13)19(31)15(21(32)33)9-29(20)22-25-12-26-35-22/h8-9,12,14H,2-7,10-11H2,1H3,(H,32,33). The number of alkyl halides is 1. The molecule has 1 N–H and O–H groups in total. The van der Waals surface area contributed by atoms with Crippen molar-refractivity contribution < 1.29 is 23.8 Å². The number of carboxylic acids is 1. The molecule has 10 nitrogen and oxygen atoms in total. The quantitative estimate of drug-likeness (QED) is 0.520. The van der Waals surface area contributed by atoms with E-state index in [2.05, 4.69) is 14.3 Å². The Labute approximate surface area is 203 Å². The van der Waals surface area contributed by atoms with Crippen molar-refractivity contribution in [3.8, 4) is 5.13 Å². The van der Waals surface area contributed by atoms with Gasteiger partial charge in [0.1, 0.15) is 17.7 Å². The highest BCUT2D eigenvalue weighted by Gasteiger charge is 2.50. The molecule has 35 heavy (non-hydrogen) atoms. The van der Waals surface area contributed by atoms with Crippen LogP contribution in [0.15, 0.2) is 23.4 Å². The van der Waals surface area contributed by atoms with E-state index in [1.54, 1.807) is 17.9 Å². The number of aryl methyl sites for hydroxylation is 1. The van der Waals surface area contributed by atoms with Gasteiger partial charge in [-0.2, -0.15) is 4.37 Å². The molecule has 2 saturated heterocycles. The van der Waals surface area contributed by atoms with Gasteiger partial charge in [0.2, 0.25) is 16.2 Å². The number of rotatable bonds is 7. The van der Waals surface area contributed by atoms with Gasteiger partial charge in [-0.25, -0.2) is 19.2 Å². The van der Waals surface area contributed by atoms with Gasteiger partial charge in [0.25, 0.3) is 0 Å². The van der Waals surface area contributed by atoms with Crippen LogP contribution in [0.4, 0.5) is 10.2 Å². The third-order valence-corrected chi connectivity index (χ3v) is 7.27. The summed E-state index contributed by atoms with van der Waals surface area (Å²) >= 11 is 1.02. The molecule has 0 amide bonds. The second-order valence-corrected chi connectivity index (χ2v) is 9.80. The van der Waals surface area contributed by atoms with Gasteiger partial charge in [-0.05, 0) is 44.2 Å². The summed E-state index contributed by atoms with van der Waals surface area (Å²) in [5.41, 5.74) is -2.33. The zero-order chi connectivity index (χ0) is 24.7. The maximum Gasteiger partial charge on any atom is 0.341 e. The molecule has 184 valence electrons. The summed E-state index contributed by atoms with van der Waals surface area (Å²) in [5, 5.41) is 9.98. The van der Waals surface area contributed by atoms with Gasteiger partial charge < -0.3 is 14.7 Å². The predicted octanol–water partition coefficient (Wildman–Crippen LogP) is 2.69. The minimum Gasteiger partial charge on any atom is -0.477 e. The van der Waals surface area contributed by atoms with Crippen molar-refractivity contribution in [3.05, 3.63) is 39.9 Å². The van der Waals surface area contributed by atoms with Crippen LogP contribution in [-0.2, 0) is 9.53 Å². The van der Waals surface area contributed by atoms with Gasteiger partial charge >= 0.3 is 5.97 Å². The monoisotopic (exact) mass is 501 g/mol. The maximum absolute atomic E-state index is 15.3. The summed E-state index contributed by atoms with van der Waals surface area (Å²) in [7, 11) is 0. The number of ether oxygens (including phenoxy) is 1. The fraction of sp³-hybridized carbons (Fsp3) is 0.478. The highest BCUT2D eigenvalue weighted by atomic mass is 32.1. The SMILES string of the molecule is Cc1cc(N2CC(F)(C(=O)CCC3CCCCO3)C2)nc2c1c(=O)c(C(=O)O)cn2-c1ncns1. The maximum atomic E-state index is 15.3. The Hall–Kier alpha value is -3.25. The number of ketones is 1. The largest absolute Gasteiger partial charge is 0.477 e. The van der Waals surface area contributed by atoms with Crippen LogP contribution in [0.25, 0.3) is 16.2 Å². The Morgan fingerprint density at radius 3 is 2.80 bits per heavy atom. The van der Waals surface area contributed by atoms with Gasteiger partial charge in [0, 0.05) is 30.8 Å². The highest BCUT2D eigenvalue weighted by molar-refractivity contribution is 7.08. The minimum atomic E-state index is -1.95. The second kappa shape index (κ2) is 9.08. The van der Waals surface area contributed by atoms with Crippen molar-refractivity contribution in [3.63, 3.8) is 0 Å². The molecule has 3 aromatic rings. The first-order valence-corrected chi connectivity index (χ1v) is 12.2. The molecule has 5 heterocycles. The van der Waals surface area contributed by atoms with Gasteiger partial charge in [-0.1, -0.05) is 0 Å². The van der Waals surface area contributed by atoms with E-state index >= 15 is 4.39 Å².